The molecule has 2 aromatic carbocycles. The first-order valence-corrected chi connectivity index (χ1v) is 7.63. The first kappa shape index (κ1) is 18.2. The predicted octanol–water partition coefficient (Wildman–Crippen LogP) is 4.56. The summed E-state index contributed by atoms with van der Waals surface area (Å²) < 4.78 is 10.4. The zero-order valence-electron chi connectivity index (χ0n) is 13.0. The van der Waals surface area contributed by atoms with Gasteiger partial charge in [-0.15, -0.1) is 0 Å². The lowest BCUT2D eigenvalue weighted by Crippen LogP contribution is -2.30. The summed E-state index contributed by atoms with van der Waals surface area (Å²) in [5.74, 6) is 0.795. The highest BCUT2D eigenvalue weighted by molar-refractivity contribution is 6.32. The second-order valence-corrected chi connectivity index (χ2v) is 5.76. The number of hydrogen-bond donors (Lipinski definition) is 1. The lowest BCUT2D eigenvalue weighted by molar-refractivity contribution is 0.0898. The van der Waals surface area contributed by atoms with Crippen LogP contribution < -0.4 is 9.47 Å². The quantitative estimate of drug-likeness (QED) is 0.461. The average Bonchev–Trinajstić information content (AvgIpc) is 2.60. The molecular formula is C16H15Cl2N3O3. The molecule has 0 aliphatic heterocycles. The summed E-state index contributed by atoms with van der Waals surface area (Å²) in [6.07, 6.45) is 0. The molecule has 0 fully saturated rings. The summed E-state index contributed by atoms with van der Waals surface area (Å²) >= 11 is 12.1. The van der Waals surface area contributed by atoms with Crippen LogP contribution in [0.3, 0.4) is 0 Å². The fraction of sp³-hybridized carbons (Fsp3) is 0.250. The van der Waals surface area contributed by atoms with Crippen LogP contribution in [0.2, 0.25) is 10.0 Å². The van der Waals surface area contributed by atoms with E-state index < -0.39 is 5.60 Å². The van der Waals surface area contributed by atoms with Gasteiger partial charge in [0.1, 0.15) is 17.1 Å². The van der Waals surface area contributed by atoms with Crippen LogP contribution in [-0.2, 0) is 5.60 Å². The van der Waals surface area contributed by atoms with E-state index in [-0.39, 0.29) is 6.54 Å². The van der Waals surface area contributed by atoms with Crippen LogP contribution in [0.25, 0.3) is 10.4 Å². The zero-order chi connectivity index (χ0) is 17.7. The first-order chi connectivity index (χ1) is 11.5. The number of halogens is 2. The van der Waals surface area contributed by atoms with Gasteiger partial charge in [-0.2, -0.15) is 0 Å². The molecule has 2 rings (SSSR count). The van der Waals surface area contributed by atoms with E-state index in [9.17, 15) is 5.11 Å². The van der Waals surface area contributed by atoms with Gasteiger partial charge < -0.3 is 14.6 Å². The van der Waals surface area contributed by atoms with Gasteiger partial charge in [0.25, 0.3) is 0 Å². The fourth-order valence-corrected chi connectivity index (χ4v) is 2.71. The molecule has 0 saturated carbocycles. The van der Waals surface area contributed by atoms with Crippen LogP contribution in [0.4, 0.5) is 0 Å². The highest BCUT2D eigenvalue weighted by Gasteiger charge is 2.32. The molecule has 0 heterocycles. The number of ether oxygens (including phenoxy) is 2. The van der Waals surface area contributed by atoms with Gasteiger partial charge in [-0.1, -0.05) is 40.4 Å². The smallest absolute Gasteiger partial charge is 0.137 e. The van der Waals surface area contributed by atoms with Crippen molar-refractivity contribution in [2.45, 2.75) is 5.60 Å². The molecule has 0 bridgehead atoms. The van der Waals surface area contributed by atoms with Gasteiger partial charge in [0.2, 0.25) is 0 Å². The van der Waals surface area contributed by atoms with Gasteiger partial charge in [-0.3, -0.25) is 0 Å². The number of aliphatic hydroxyl groups is 1. The molecule has 0 aromatic heterocycles. The molecule has 6 nitrogen and oxygen atoms in total. The summed E-state index contributed by atoms with van der Waals surface area (Å²) in [4.78, 5) is 2.74. The van der Waals surface area contributed by atoms with Crippen molar-refractivity contribution in [3.05, 3.63) is 68.0 Å². The van der Waals surface area contributed by atoms with E-state index in [0.717, 1.165) is 0 Å². The van der Waals surface area contributed by atoms with E-state index >= 15 is 0 Å². The second-order valence-electron chi connectivity index (χ2n) is 4.95. The van der Waals surface area contributed by atoms with Crippen molar-refractivity contribution in [1.82, 2.24) is 0 Å². The summed E-state index contributed by atoms with van der Waals surface area (Å²) in [7, 11) is 2.95. The number of azide groups is 1. The van der Waals surface area contributed by atoms with Gasteiger partial charge in [0.05, 0.1) is 30.8 Å². The van der Waals surface area contributed by atoms with Crippen molar-refractivity contribution >= 4 is 23.2 Å². The molecule has 24 heavy (non-hydrogen) atoms. The zero-order valence-corrected chi connectivity index (χ0v) is 14.5. The normalized spacial score (nSPS) is 10.9. The molecule has 1 N–H and O–H groups in total. The Morgan fingerprint density at radius 2 is 1.50 bits per heavy atom. The minimum Gasteiger partial charge on any atom is -0.495 e. The van der Waals surface area contributed by atoms with Crippen LogP contribution in [0.15, 0.2) is 41.5 Å². The largest absolute Gasteiger partial charge is 0.495 e. The van der Waals surface area contributed by atoms with E-state index in [1.54, 1.807) is 36.4 Å². The lowest BCUT2D eigenvalue weighted by Gasteiger charge is -2.28. The Balaban J connectivity index is 2.64. The van der Waals surface area contributed by atoms with Crippen LogP contribution in [-0.4, -0.2) is 25.9 Å². The molecule has 0 saturated heterocycles. The first-order valence-electron chi connectivity index (χ1n) is 6.87. The number of hydrogen-bond acceptors (Lipinski definition) is 4. The maximum atomic E-state index is 11.2. The highest BCUT2D eigenvalue weighted by Crippen LogP contribution is 2.37. The van der Waals surface area contributed by atoms with E-state index in [4.69, 9.17) is 38.2 Å². The van der Waals surface area contributed by atoms with Gasteiger partial charge in [-0.05, 0) is 40.9 Å². The maximum Gasteiger partial charge on any atom is 0.137 e. The second kappa shape index (κ2) is 7.64. The van der Waals surface area contributed by atoms with Crippen LogP contribution in [0.1, 0.15) is 11.1 Å². The molecular weight excluding hydrogens is 353 g/mol. The Kier molecular flexibility index (Phi) is 5.80. The summed E-state index contributed by atoms with van der Waals surface area (Å²) in [6, 6.07) is 9.66. The van der Waals surface area contributed by atoms with Crippen molar-refractivity contribution < 1.29 is 14.6 Å². The number of methoxy groups -OCH3 is 2. The van der Waals surface area contributed by atoms with Crippen molar-refractivity contribution in [3.8, 4) is 11.5 Å². The molecule has 2 aromatic rings. The molecule has 0 atom stereocenters. The van der Waals surface area contributed by atoms with Crippen molar-refractivity contribution in [2.75, 3.05) is 20.8 Å². The standard InChI is InChI=1S/C16H15Cl2N3O3/c1-23-14-7-10(3-5-12(14)17)16(22,9-20-21-19)11-4-6-13(18)15(8-11)24-2/h3-8,22H,9H2,1-2H3. The van der Waals surface area contributed by atoms with E-state index in [2.05, 4.69) is 10.0 Å². The fourth-order valence-electron chi connectivity index (χ4n) is 2.32. The van der Waals surface area contributed by atoms with Gasteiger partial charge in [0.15, 0.2) is 0 Å². The van der Waals surface area contributed by atoms with Crippen molar-refractivity contribution in [3.63, 3.8) is 0 Å². The maximum absolute atomic E-state index is 11.2. The van der Waals surface area contributed by atoms with Gasteiger partial charge in [-0.25, -0.2) is 0 Å². The van der Waals surface area contributed by atoms with Crippen LogP contribution in [0, 0.1) is 0 Å². The van der Waals surface area contributed by atoms with E-state index in [1.807, 2.05) is 0 Å². The Morgan fingerprint density at radius 3 is 1.88 bits per heavy atom. The minimum atomic E-state index is -1.60. The molecule has 0 spiro atoms. The van der Waals surface area contributed by atoms with Crippen LogP contribution in [0.5, 0.6) is 11.5 Å². The van der Waals surface area contributed by atoms with Crippen LogP contribution >= 0.6 is 23.2 Å². The van der Waals surface area contributed by atoms with Gasteiger partial charge in [0, 0.05) is 4.91 Å². The minimum absolute atomic E-state index is 0.223. The summed E-state index contributed by atoms with van der Waals surface area (Å²) in [6.45, 7) is -0.223. The third-order valence-corrected chi connectivity index (χ3v) is 4.24. The Labute approximate surface area is 149 Å². The SMILES string of the molecule is COc1cc(C(O)(CN=[N+]=[N-])c2ccc(Cl)c(OC)c2)ccc1Cl. The van der Waals surface area contributed by atoms with Crippen molar-refractivity contribution in [1.29, 1.82) is 0 Å². The Bertz CT molecular complexity index is 739. The topological polar surface area (TPSA) is 87.5 Å². The third kappa shape index (κ3) is 3.52. The lowest BCUT2D eigenvalue weighted by atomic mass is 9.86. The Hall–Kier alpha value is -2.11. The van der Waals surface area contributed by atoms with Gasteiger partial charge >= 0.3 is 0 Å². The molecule has 0 radical (unpaired) electrons. The average molecular weight is 368 g/mol. The predicted molar refractivity (Wildman–Crippen MR) is 93.0 cm³/mol. The molecule has 8 heteroatoms. The molecule has 0 unspecified atom stereocenters. The number of rotatable bonds is 6. The molecule has 0 aliphatic rings. The third-order valence-electron chi connectivity index (χ3n) is 3.62. The van der Waals surface area contributed by atoms with E-state index in [1.165, 1.54) is 14.2 Å². The number of nitrogens with zero attached hydrogens (tertiary/aromatic N) is 3. The summed E-state index contributed by atoms with van der Waals surface area (Å²) in [5, 5.41) is 15.6. The monoisotopic (exact) mass is 367 g/mol. The number of benzene rings is 2. The molecule has 0 amide bonds. The summed E-state index contributed by atoms with van der Waals surface area (Å²) in [5.41, 5.74) is 7.99. The van der Waals surface area contributed by atoms with E-state index in [0.29, 0.717) is 32.7 Å². The highest BCUT2D eigenvalue weighted by atomic mass is 35.5. The Morgan fingerprint density at radius 1 is 1.04 bits per heavy atom. The molecule has 0 aliphatic carbocycles. The van der Waals surface area contributed by atoms with Crippen molar-refractivity contribution in [2.24, 2.45) is 5.11 Å². The molecule has 126 valence electrons.